The molecule has 12 nitrogen and oxygen atoms in total. The summed E-state index contributed by atoms with van der Waals surface area (Å²) in [6.07, 6.45) is 26.1. The number of fused-ring (bicyclic) bond motifs is 6. The number of esters is 2. The molecule has 8 saturated carbocycles. The van der Waals surface area contributed by atoms with Gasteiger partial charge in [-0.1, -0.05) is 40.5 Å². The number of carbonyl (C=O) groups is 4. The Morgan fingerprint density at radius 3 is 1.32 bits per heavy atom. The van der Waals surface area contributed by atoms with Crippen LogP contribution in [0.5, 0.6) is 0 Å². The Labute approximate surface area is 392 Å². The van der Waals surface area contributed by atoms with Crippen molar-refractivity contribution in [3.8, 4) is 0 Å². The number of nitrogens with zero attached hydrogens (tertiary/aromatic N) is 4. The average molecular weight is 903 g/mol. The highest BCUT2D eigenvalue weighted by Gasteiger charge is 2.69. The highest BCUT2D eigenvalue weighted by atomic mass is 16.5. The van der Waals surface area contributed by atoms with Crippen molar-refractivity contribution in [1.82, 2.24) is 20.8 Å². The molecule has 12 atom stereocenters. The maximum Gasteiger partial charge on any atom is 0.311 e. The summed E-state index contributed by atoms with van der Waals surface area (Å²) in [6, 6.07) is 7.05. The minimum absolute atomic E-state index is 0.0261. The number of nitrogens with one attached hydrogen (secondary N) is 2. The fraction of sp³-hybridized carbons (Fsp3) is 0.704. The van der Waals surface area contributed by atoms with Gasteiger partial charge in [0.05, 0.1) is 36.2 Å². The summed E-state index contributed by atoms with van der Waals surface area (Å²) in [7, 11) is 3.07. The van der Waals surface area contributed by atoms with E-state index in [9.17, 15) is 19.2 Å². The van der Waals surface area contributed by atoms with Crippen LogP contribution in [0, 0.1) is 67.0 Å². The molecule has 10 rings (SSSR count). The number of ether oxygens (including phenoxy) is 2. The summed E-state index contributed by atoms with van der Waals surface area (Å²) >= 11 is 0. The highest BCUT2D eigenvalue weighted by Crippen LogP contribution is 2.75. The smallest absolute Gasteiger partial charge is 0.311 e. The molecule has 2 spiro atoms. The van der Waals surface area contributed by atoms with Crippen molar-refractivity contribution in [1.29, 1.82) is 0 Å². The van der Waals surface area contributed by atoms with Gasteiger partial charge >= 0.3 is 11.9 Å². The minimum Gasteiger partial charge on any atom is -0.469 e. The van der Waals surface area contributed by atoms with Gasteiger partial charge in [0.15, 0.2) is 0 Å². The second kappa shape index (κ2) is 16.6. The lowest BCUT2D eigenvalue weighted by Gasteiger charge is -2.64. The summed E-state index contributed by atoms with van der Waals surface area (Å²) in [6.45, 7) is 13.9. The van der Waals surface area contributed by atoms with Crippen LogP contribution in [-0.4, -0.2) is 59.4 Å². The Morgan fingerprint density at radius 1 is 0.561 bits per heavy atom. The van der Waals surface area contributed by atoms with E-state index in [0.29, 0.717) is 34.8 Å². The van der Waals surface area contributed by atoms with Crippen LogP contribution >= 0.6 is 0 Å². The van der Waals surface area contributed by atoms with Gasteiger partial charge < -0.3 is 9.47 Å². The van der Waals surface area contributed by atoms with Gasteiger partial charge in [-0.3, -0.25) is 29.1 Å². The number of hydrogen-bond acceptors (Lipinski definition) is 10. The van der Waals surface area contributed by atoms with Crippen LogP contribution in [0.3, 0.4) is 0 Å². The number of hydrazone groups is 2. The van der Waals surface area contributed by atoms with Crippen LogP contribution in [0.1, 0.15) is 178 Å². The first-order valence-electron chi connectivity index (χ1n) is 25.1. The van der Waals surface area contributed by atoms with Crippen LogP contribution in [0.4, 0.5) is 0 Å². The van der Waals surface area contributed by atoms with E-state index in [-0.39, 0.29) is 67.1 Å². The van der Waals surface area contributed by atoms with Crippen molar-refractivity contribution < 1.29 is 28.7 Å². The van der Waals surface area contributed by atoms with Gasteiger partial charge in [0, 0.05) is 47.0 Å². The van der Waals surface area contributed by atoms with E-state index in [1.54, 1.807) is 49.1 Å². The number of rotatable bonds is 6. The Morgan fingerprint density at radius 2 is 0.955 bits per heavy atom. The fourth-order valence-electron chi connectivity index (χ4n) is 17.7. The molecule has 0 radical (unpaired) electrons. The molecule has 8 aliphatic rings. The first-order chi connectivity index (χ1) is 31.3. The predicted molar refractivity (Wildman–Crippen MR) is 253 cm³/mol. The lowest BCUT2D eigenvalue weighted by Crippen LogP contribution is -2.58. The molecule has 2 N–H and O–H groups in total. The van der Waals surface area contributed by atoms with Gasteiger partial charge in [-0.25, -0.2) is 10.9 Å². The van der Waals surface area contributed by atoms with Gasteiger partial charge in [-0.15, -0.1) is 0 Å². The first-order valence-corrected chi connectivity index (χ1v) is 25.1. The molecule has 0 aliphatic heterocycles. The predicted octanol–water partition coefficient (Wildman–Crippen LogP) is 10.3. The van der Waals surface area contributed by atoms with Crippen LogP contribution in [-0.2, 0) is 19.1 Å². The van der Waals surface area contributed by atoms with Crippen molar-refractivity contribution in [2.24, 2.45) is 77.2 Å². The largest absolute Gasteiger partial charge is 0.469 e. The number of amides is 2. The first kappa shape index (κ1) is 46.6. The summed E-state index contributed by atoms with van der Waals surface area (Å²) in [5.74, 6) is 1.46. The molecule has 356 valence electrons. The third kappa shape index (κ3) is 7.26. The SMILES string of the molecule is COC(=O)[C@]1(C)CCC[C@@]2(C)[C@@H]3CC[C@@]4(C)C[C@]3(CC[C@@H]21)C/C4=N\NC(=O)c1cccnc1.COC(=O)[C@]1(C)CCC[C@@]2(C)[C@@H]3CC[C@@]4(C)C[C@]3(CC[C@@H]21)C/C4=N\NC(=O)c1cccnc1. The normalized spacial score (nSPS) is 42.8. The van der Waals surface area contributed by atoms with Crippen molar-refractivity contribution in [2.45, 2.75) is 157 Å². The molecule has 2 aromatic heterocycles. The molecular formula is C54H74N6O6. The molecular weight excluding hydrogens is 829 g/mol. The zero-order chi connectivity index (χ0) is 47.0. The second-order valence-corrected chi connectivity index (χ2v) is 23.9. The van der Waals surface area contributed by atoms with Gasteiger partial charge in [0.1, 0.15) is 0 Å². The number of aromatic nitrogens is 2. The third-order valence-corrected chi connectivity index (χ3v) is 20.5. The lowest BCUT2D eigenvalue weighted by molar-refractivity contribution is -0.185. The third-order valence-electron chi connectivity index (χ3n) is 20.5. The maximum atomic E-state index is 12.9. The van der Waals surface area contributed by atoms with Gasteiger partial charge in [-0.2, -0.15) is 10.2 Å². The van der Waals surface area contributed by atoms with E-state index < -0.39 is 0 Å². The molecule has 2 amide bonds. The van der Waals surface area contributed by atoms with E-state index in [1.165, 1.54) is 39.9 Å². The van der Waals surface area contributed by atoms with E-state index in [0.717, 1.165) is 101 Å². The van der Waals surface area contributed by atoms with Crippen LogP contribution < -0.4 is 10.9 Å². The summed E-state index contributed by atoms with van der Waals surface area (Å²) in [4.78, 5) is 59.0. The number of hydrogen-bond donors (Lipinski definition) is 2. The fourth-order valence-corrected chi connectivity index (χ4v) is 17.7. The van der Waals surface area contributed by atoms with Gasteiger partial charge in [0.2, 0.25) is 0 Å². The van der Waals surface area contributed by atoms with Crippen LogP contribution in [0.25, 0.3) is 0 Å². The zero-order valence-corrected chi connectivity index (χ0v) is 40.9. The Bertz CT molecular complexity index is 2150. The van der Waals surface area contributed by atoms with Crippen molar-refractivity contribution in [2.75, 3.05) is 14.2 Å². The molecule has 8 fully saturated rings. The summed E-state index contributed by atoms with van der Waals surface area (Å²) in [5.41, 5.74) is 9.08. The molecule has 0 unspecified atom stereocenters. The maximum absolute atomic E-state index is 12.9. The lowest BCUT2D eigenvalue weighted by atomic mass is 9.40. The van der Waals surface area contributed by atoms with Crippen molar-refractivity contribution in [3.05, 3.63) is 60.2 Å². The minimum atomic E-state index is -0.378. The Kier molecular flexibility index (Phi) is 11.8. The van der Waals surface area contributed by atoms with E-state index in [4.69, 9.17) is 19.7 Å². The zero-order valence-electron chi connectivity index (χ0n) is 40.9. The highest BCUT2D eigenvalue weighted by molar-refractivity contribution is 5.98. The molecule has 2 heterocycles. The molecule has 0 saturated heterocycles. The molecule has 8 aliphatic carbocycles. The van der Waals surface area contributed by atoms with E-state index >= 15 is 0 Å². The summed E-state index contributed by atoms with van der Waals surface area (Å²) in [5, 5.41) is 9.42. The van der Waals surface area contributed by atoms with E-state index in [1.807, 2.05) is 0 Å². The Balaban J connectivity index is 0.000000166. The van der Waals surface area contributed by atoms with Gasteiger partial charge in [0.25, 0.3) is 11.8 Å². The molecule has 4 bridgehead atoms. The molecule has 2 aromatic rings. The Hall–Kier alpha value is -4.48. The number of methoxy groups -OCH3 is 2. The van der Waals surface area contributed by atoms with Crippen molar-refractivity contribution in [3.63, 3.8) is 0 Å². The van der Waals surface area contributed by atoms with E-state index in [2.05, 4.69) is 62.4 Å². The standard InChI is InChI=1S/2C27H37N3O3/c2*1-24-12-8-20-25(2)10-6-11-26(3,23(32)33-4)19(25)9-13-27(20,17-24)15-21(24)29-30-22(31)18-7-5-14-28-16-18/h2*5,7,14,16,19-20H,6,8-13,15,17H2,1-4H3,(H,30,31)/b2*29-21+/t2*19-,20-,24-,25+,26+,27-/m00/s1. The number of pyridine rings is 2. The quantitative estimate of drug-likeness (QED) is 0.214. The van der Waals surface area contributed by atoms with Crippen molar-refractivity contribution >= 4 is 35.2 Å². The van der Waals surface area contributed by atoms with Crippen LogP contribution in [0.15, 0.2) is 59.3 Å². The summed E-state index contributed by atoms with van der Waals surface area (Å²) < 4.78 is 10.6. The monoisotopic (exact) mass is 903 g/mol. The topological polar surface area (TPSA) is 161 Å². The van der Waals surface area contributed by atoms with Crippen LogP contribution in [0.2, 0.25) is 0 Å². The average Bonchev–Trinajstić information content (AvgIpc) is 3.65. The molecule has 12 heteroatoms. The van der Waals surface area contributed by atoms with Gasteiger partial charge in [-0.05, 0) is 186 Å². The second-order valence-electron chi connectivity index (χ2n) is 23.9. The number of carbonyl (C=O) groups excluding carboxylic acids is 4. The molecule has 0 aromatic carbocycles. The molecule has 66 heavy (non-hydrogen) atoms.